The van der Waals surface area contributed by atoms with Gasteiger partial charge in [0.1, 0.15) is 5.60 Å². The summed E-state index contributed by atoms with van der Waals surface area (Å²) < 4.78 is 31.6. The number of ether oxygens (including phenoxy) is 1. The number of hydrogen-bond acceptors (Lipinski definition) is 5. The van der Waals surface area contributed by atoms with Gasteiger partial charge in [-0.25, -0.2) is 13.6 Å². The maximum Gasteiger partial charge on any atom is 0.407 e. The second kappa shape index (κ2) is 10.00. The number of hydrogen-bond donors (Lipinski definition) is 3. The van der Waals surface area contributed by atoms with Crippen LogP contribution in [0.25, 0.3) is 0 Å². The minimum Gasteiger partial charge on any atom is -0.444 e. The Morgan fingerprint density at radius 1 is 1.17 bits per heavy atom. The number of halogens is 2. The number of aromatic nitrogens is 1. The average Bonchev–Trinajstić information content (AvgIpc) is 2.63. The van der Waals surface area contributed by atoms with Crippen molar-refractivity contribution in [1.29, 1.82) is 0 Å². The Morgan fingerprint density at radius 3 is 2.57 bits per heavy atom. The van der Waals surface area contributed by atoms with E-state index in [-0.39, 0.29) is 17.3 Å². The highest BCUT2D eigenvalue weighted by Gasteiger charge is 2.18. The molecule has 1 unspecified atom stereocenters. The summed E-state index contributed by atoms with van der Waals surface area (Å²) in [5.74, 6) is -2.56. The second-order valence-corrected chi connectivity index (χ2v) is 7.77. The van der Waals surface area contributed by atoms with Crippen molar-refractivity contribution >= 4 is 23.4 Å². The summed E-state index contributed by atoms with van der Waals surface area (Å²) in [5, 5.41) is 8.38. The van der Waals surface area contributed by atoms with Gasteiger partial charge in [0, 0.05) is 36.7 Å². The number of pyridine rings is 1. The van der Waals surface area contributed by atoms with Gasteiger partial charge in [-0.1, -0.05) is 0 Å². The van der Waals surface area contributed by atoms with Crippen LogP contribution < -0.4 is 16.0 Å². The molecule has 7 nitrogen and oxygen atoms in total. The number of amides is 2. The summed E-state index contributed by atoms with van der Waals surface area (Å²) in [6, 6.07) is 4.58. The molecule has 0 saturated heterocycles. The van der Waals surface area contributed by atoms with Crippen molar-refractivity contribution in [2.75, 3.05) is 17.2 Å². The highest BCUT2D eigenvalue weighted by molar-refractivity contribution is 6.07. The zero-order valence-electron chi connectivity index (χ0n) is 17.4. The standard InChI is InChI=1S/C21H26F2N4O3/c1-13(26-20(29)30-21(2,3)4)7-10-25-18-8-9-24-12-15(18)19(28)27-14-5-6-16(22)17(23)11-14/h5-6,8-9,11-13H,7,10H2,1-4H3,(H,24,25)(H,26,29)(H,27,28). The number of rotatable bonds is 7. The van der Waals surface area contributed by atoms with Gasteiger partial charge in [-0.2, -0.15) is 0 Å². The molecule has 1 aromatic carbocycles. The van der Waals surface area contributed by atoms with Crippen LogP contribution in [-0.4, -0.2) is 35.2 Å². The first-order chi connectivity index (χ1) is 14.0. The number of anilines is 2. The van der Waals surface area contributed by atoms with Crippen LogP contribution in [0, 0.1) is 11.6 Å². The Bertz CT molecular complexity index is 900. The summed E-state index contributed by atoms with van der Waals surface area (Å²) in [4.78, 5) is 28.3. The minimum atomic E-state index is -1.05. The maximum atomic E-state index is 13.3. The molecule has 0 fully saturated rings. The van der Waals surface area contributed by atoms with Crippen molar-refractivity contribution in [1.82, 2.24) is 10.3 Å². The predicted molar refractivity (Wildman–Crippen MR) is 110 cm³/mol. The first-order valence-corrected chi connectivity index (χ1v) is 9.49. The maximum absolute atomic E-state index is 13.3. The van der Waals surface area contributed by atoms with E-state index in [9.17, 15) is 18.4 Å². The Morgan fingerprint density at radius 2 is 1.90 bits per heavy atom. The number of alkyl carbamates (subject to hydrolysis) is 1. The number of nitrogens with zero attached hydrogens (tertiary/aromatic N) is 1. The number of carbonyl (C=O) groups is 2. The van der Waals surface area contributed by atoms with E-state index in [2.05, 4.69) is 20.9 Å². The first-order valence-electron chi connectivity index (χ1n) is 9.49. The molecule has 3 N–H and O–H groups in total. The average molecular weight is 420 g/mol. The quantitative estimate of drug-likeness (QED) is 0.620. The van der Waals surface area contributed by atoms with Crippen LogP contribution >= 0.6 is 0 Å². The lowest BCUT2D eigenvalue weighted by atomic mass is 10.2. The molecular weight excluding hydrogens is 394 g/mol. The van der Waals surface area contributed by atoms with Gasteiger partial charge in [0.05, 0.1) is 11.3 Å². The Labute approximate surface area is 174 Å². The molecule has 2 aromatic rings. The van der Waals surface area contributed by atoms with E-state index in [4.69, 9.17) is 4.74 Å². The van der Waals surface area contributed by atoms with Gasteiger partial charge in [-0.3, -0.25) is 9.78 Å². The summed E-state index contributed by atoms with van der Waals surface area (Å²) in [7, 11) is 0. The second-order valence-electron chi connectivity index (χ2n) is 7.77. The third-order valence-electron chi connectivity index (χ3n) is 3.90. The van der Waals surface area contributed by atoms with Gasteiger partial charge in [0.25, 0.3) is 5.91 Å². The number of nitrogens with one attached hydrogen (secondary N) is 3. The molecule has 9 heteroatoms. The Hall–Kier alpha value is -3.23. The van der Waals surface area contributed by atoms with Gasteiger partial charge < -0.3 is 20.7 Å². The van der Waals surface area contributed by atoms with Crippen LogP contribution in [0.4, 0.5) is 25.0 Å². The molecule has 30 heavy (non-hydrogen) atoms. The first kappa shape index (κ1) is 23.1. The smallest absolute Gasteiger partial charge is 0.407 e. The van der Waals surface area contributed by atoms with Crippen molar-refractivity contribution in [3.8, 4) is 0 Å². The van der Waals surface area contributed by atoms with Gasteiger partial charge in [0.15, 0.2) is 11.6 Å². The molecule has 0 saturated carbocycles. The van der Waals surface area contributed by atoms with E-state index in [1.165, 1.54) is 18.5 Å². The van der Waals surface area contributed by atoms with Crippen molar-refractivity contribution in [3.63, 3.8) is 0 Å². The SMILES string of the molecule is CC(CCNc1ccncc1C(=O)Nc1ccc(F)c(F)c1)NC(=O)OC(C)(C)C. The minimum absolute atomic E-state index is 0.129. The van der Waals surface area contributed by atoms with Crippen LogP contribution in [0.2, 0.25) is 0 Å². The predicted octanol–water partition coefficient (Wildman–Crippen LogP) is 4.33. The third kappa shape index (κ3) is 7.31. The molecule has 162 valence electrons. The highest BCUT2D eigenvalue weighted by Crippen LogP contribution is 2.18. The van der Waals surface area contributed by atoms with Crippen molar-refractivity contribution in [2.45, 2.75) is 45.8 Å². The lowest BCUT2D eigenvalue weighted by Gasteiger charge is -2.22. The zero-order chi connectivity index (χ0) is 22.3. The normalized spacial score (nSPS) is 12.1. The molecule has 1 heterocycles. The summed E-state index contributed by atoms with van der Waals surface area (Å²) in [6.45, 7) is 7.67. The van der Waals surface area contributed by atoms with Crippen LogP contribution in [0.3, 0.4) is 0 Å². The fourth-order valence-electron chi connectivity index (χ4n) is 2.51. The molecular formula is C21H26F2N4O3. The van der Waals surface area contributed by atoms with Crippen LogP contribution in [-0.2, 0) is 4.74 Å². The number of benzene rings is 1. The lowest BCUT2D eigenvalue weighted by molar-refractivity contribution is 0.0507. The molecule has 2 rings (SSSR count). The fourth-order valence-corrected chi connectivity index (χ4v) is 2.51. The van der Waals surface area contributed by atoms with Gasteiger partial charge in [-0.05, 0) is 52.3 Å². The van der Waals surface area contributed by atoms with Gasteiger partial charge in [0.2, 0.25) is 0 Å². The molecule has 0 spiro atoms. The molecule has 2 amide bonds. The summed E-state index contributed by atoms with van der Waals surface area (Å²) >= 11 is 0. The van der Waals surface area contributed by atoms with Gasteiger partial charge >= 0.3 is 6.09 Å². The summed E-state index contributed by atoms with van der Waals surface area (Å²) in [6.07, 6.45) is 2.98. The zero-order valence-corrected chi connectivity index (χ0v) is 17.4. The van der Waals surface area contributed by atoms with Crippen molar-refractivity contribution < 1.29 is 23.1 Å². The Balaban J connectivity index is 1.92. The van der Waals surface area contributed by atoms with Crippen LogP contribution in [0.15, 0.2) is 36.7 Å². The van der Waals surface area contributed by atoms with E-state index in [0.29, 0.717) is 18.7 Å². The fraction of sp³-hybridized carbons (Fsp3) is 0.381. The van der Waals surface area contributed by atoms with Crippen LogP contribution in [0.1, 0.15) is 44.5 Å². The monoisotopic (exact) mass is 420 g/mol. The molecule has 1 atom stereocenters. The van der Waals surface area contributed by atoms with E-state index in [0.717, 1.165) is 12.1 Å². The topological polar surface area (TPSA) is 92.4 Å². The van der Waals surface area contributed by atoms with Crippen molar-refractivity contribution in [3.05, 3.63) is 53.9 Å². The van der Waals surface area contributed by atoms with E-state index >= 15 is 0 Å². The number of carbonyl (C=O) groups excluding carboxylic acids is 2. The molecule has 0 aliphatic rings. The molecule has 0 aliphatic carbocycles. The van der Waals surface area contributed by atoms with Crippen LogP contribution in [0.5, 0.6) is 0 Å². The van der Waals surface area contributed by atoms with E-state index in [1.54, 1.807) is 26.8 Å². The van der Waals surface area contributed by atoms with E-state index in [1.807, 2.05) is 6.92 Å². The molecule has 0 bridgehead atoms. The molecule has 0 radical (unpaired) electrons. The molecule has 1 aromatic heterocycles. The van der Waals surface area contributed by atoms with Gasteiger partial charge in [-0.15, -0.1) is 0 Å². The molecule has 0 aliphatic heterocycles. The van der Waals surface area contributed by atoms with Crippen molar-refractivity contribution in [2.24, 2.45) is 0 Å². The van der Waals surface area contributed by atoms with E-state index < -0.39 is 29.2 Å². The lowest BCUT2D eigenvalue weighted by Crippen LogP contribution is -2.38. The Kier molecular flexibility index (Phi) is 7.68. The third-order valence-corrected chi connectivity index (χ3v) is 3.90. The highest BCUT2D eigenvalue weighted by atomic mass is 19.2. The summed E-state index contributed by atoms with van der Waals surface area (Å²) in [5.41, 5.74) is 0.322. The largest absolute Gasteiger partial charge is 0.444 e.